The molecule has 0 aliphatic heterocycles. The van der Waals surface area contributed by atoms with Crippen molar-refractivity contribution in [3.63, 3.8) is 0 Å². The van der Waals surface area contributed by atoms with Crippen molar-refractivity contribution >= 4 is 11.6 Å². The van der Waals surface area contributed by atoms with Crippen LogP contribution in [0.2, 0.25) is 5.15 Å². The zero-order valence-electron chi connectivity index (χ0n) is 11.8. The van der Waals surface area contributed by atoms with Crippen molar-refractivity contribution in [2.45, 2.75) is 46.6 Å². The maximum absolute atomic E-state index is 6.28. The van der Waals surface area contributed by atoms with E-state index in [2.05, 4.69) is 31.2 Å². The molecule has 0 aromatic carbocycles. The van der Waals surface area contributed by atoms with Gasteiger partial charge < -0.3 is 5.32 Å². The third-order valence-electron chi connectivity index (χ3n) is 3.28. The van der Waals surface area contributed by atoms with E-state index in [1.807, 2.05) is 21.0 Å². The zero-order valence-corrected chi connectivity index (χ0v) is 12.5. The molecule has 1 atom stereocenters. The molecule has 1 N–H and O–H groups in total. The molecule has 0 saturated heterocycles. The van der Waals surface area contributed by atoms with E-state index in [0.29, 0.717) is 6.04 Å². The van der Waals surface area contributed by atoms with E-state index in [1.165, 1.54) is 5.56 Å². The monoisotopic (exact) mass is 257 g/mol. The van der Waals surface area contributed by atoms with E-state index in [4.69, 9.17) is 11.6 Å². The Morgan fingerprint density at radius 2 is 2.06 bits per heavy atom. The van der Waals surface area contributed by atoms with Crippen LogP contribution in [0.5, 0.6) is 0 Å². The lowest BCUT2D eigenvalue weighted by atomic mass is 9.80. The summed E-state index contributed by atoms with van der Waals surface area (Å²) in [7, 11) is 3.89. The van der Waals surface area contributed by atoms with Gasteiger partial charge in [0.15, 0.2) is 0 Å². The van der Waals surface area contributed by atoms with Crippen molar-refractivity contribution in [1.82, 2.24) is 15.1 Å². The van der Waals surface area contributed by atoms with Crippen LogP contribution < -0.4 is 5.32 Å². The lowest BCUT2D eigenvalue weighted by Crippen LogP contribution is -2.29. The number of nitrogens with zero attached hydrogens (tertiary/aromatic N) is 2. The summed E-state index contributed by atoms with van der Waals surface area (Å²) < 4.78 is 1.75. The summed E-state index contributed by atoms with van der Waals surface area (Å²) in [6.07, 6.45) is 2.09. The smallest absolute Gasteiger partial charge is 0.130 e. The molecule has 1 rings (SSSR count). The number of hydrogen-bond acceptors (Lipinski definition) is 2. The summed E-state index contributed by atoms with van der Waals surface area (Å²) in [4.78, 5) is 0. The lowest BCUT2D eigenvalue weighted by molar-refractivity contribution is 0.293. The quantitative estimate of drug-likeness (QED) is 0.879. The normalized spacial score (nSPS) is 14.1. The lowest BCUT2D eigenvalue weighted by Gasteiger charge is -2.28. The van der Waals surface area contributed by atoms with Gasteiger partial charge in [-0.2, -0.15) is 5.10 Å². The maximum atomic E-state index is 6.28. The summed E-state index contributed by atoms with van der Waals surface area (Å²) in [5.41, 5.74) is 2.45. The molecular formula is C13H24ClN3. The molecule has 0 saturated carbocycles. The number of rotatable bonds is 5. The molecule has 4 heteroatoms. The molecule has 0 bridgehead atoms. The van der Waals surface area contributed by atoms with Crippen molar-refractivity contribution in [2.24, 2.45) is 12.5 Å². The van der Waals surface area contributed by atoms with Crippen molar-refractivity contribution in [3.05, 3.63) is 16.4 Å². The molecule has 3 nitrogen and oxygen atoms in total. The fraction of sp³-hybridized carbons (Fsp3) is 0.769. The average molecular weight is 258 g/mol. The van der Waals surface area contributed by atoms with Gasteiger partial charge in [-0.1, -0.05) is 25.4 Å². The van der Waals surface area contributed by atoms with E-state index in [1.54, 1.807) is 4.68 Å². The molecular weight excluding hydrogens is 234 g/mol. The minimum atomic E-state index is 0.222. The minimum absolute atomic E-state index is 0.222. The third kappa shape index (κ3) is 3.71. The fourth-order valence-electron chi connectivity index (χ4n) is 2.36. The number of nitrogens with one attached hydrogen (secondary N) is 1. The Bertz CT molecular complexity index is 382. The van der Waals surface area contributed by atoms with Gasteiger partial charge in [-0.25, -0.2) is 0 Å². The highest BCUT2D eigenvalue weighted by Crippen LogP contribution is 2.31. The topological polar surface area (TPSA) is 29.9 Å². The van der Waals surface area contributed by atoms with Gasteiger partial charge in [0, 0.05) is 18.7 Å². The van der Waals surface area contributed by atoms with Gasteiger partial charge in [0.05, 0.1) is 5.69 Å². The highest BCUT2D eigenvalue weighted by molar-refractivity contribution is 6.30. The van der Waals surface area contributed by atoms with Gasteiger partial charge in [0.2, 0.25) is 0 Å². The van der Waals surface area contributed by atoms with E-state index >= 15 is 0 Å². The summed E-state index contributed by atoms with van der Waals surface area (Å²) in [6, 6.07) is 0.515. The zero-order chi connectivity index (χ0) is 13.2. The molecule has 0 amide bonds. The molecule has 1 heterocycles. The van der Waals surface area contributed by atoms with Gasteiger partial charge in [0.1, 0.15) is 5.15 Å². The first-order chi connectivity index (χ1) is 7.76. The molecule has 1 unspecified atom stereocenters. The van der Waals surface area contributed by atoms with Crippen LogP contribution in [0.15, 0.2) is 0 Å². The van der Waals surface area contributed by atoms with Crippen molar-refractivity contribution in [1.29, 1.82) is 0 Å². The van der Waals surface area contributed by atoms with E-state index < -0.39 is 0 Å². The number of aryl methyl sites for hydroxylation is 2. The van der Waals surface area contributed by atoms with Gasteiger partial charge in [0.25, 0.3) is 0 Å². The Balaban J connectivity index is 2.82. The summed E-state index contributed by atoms with van der Waals surface area (Å²) in [5.74, 6) is 0. The number of hydrogen-bond donors (Lipinski definition) is 1. The van der Waals surface area contributed by atoms with Gasteiger partial charge in [-0.15, -0.1) is 0 Å². The summed E-state index contributed by atoms with van der Waals surface area (Å²) in [5, 5.41) is 8.42. The first-order valence-corrected chi connectivity index (χ1v) is 6.50. The number of aromatic nitrogens is 2. The van der Waals surface area contributed by atoms with Crippen LogP contribution in [0.3, 0.4) is 0 Å². The second-order valence-electron chi connectivity index (χ2n) is 5.71. The number of halogens is 1. The highest BCUT2D eigenvalue weighted by Gasteiger charge is 2.24. The van der Waals surface area contributed by atoms with Gasteiger partial charge in [-0.05, 0) is 39.2 Å². The molecule has 17 heavy (non-hydrogen) atoms. The Morgan fingerprint density at radius 3 is 2.47 bits per heavy atom. The Hall–Kier alpha value is -0.540. The van der Waals surface area contributed by atoms with Crippen LogP contribution in [-0.2, 0) is 13.5 Å². The molecule has 0 radical (unpaired) electrons. The molecule has 0 fully saturated rings. The largest absolute Gasteiger partial charge is 0.317 e. The van der Waals surface area contributed by atoms with Crippen molar-refractivity contribution in [3.8, 4) is 0 Å². The maximum Gasteiger partial charge on any atom is 0.130 e. The molecule has 0 aliphatic carbocycles. The second kappa shape index (κ2) is 5.40. The van der Waals surface area contributed by atoms with E-state index in [0.717, 1.165) is 23.7 Å². The van der Waals surface area contributed by atoms with Crippen LogP contribution in [0.1, 0.15) is 38.4 Å². The Morgan fingerprint density at radius 1 is 1.47 bits per heavy atom. The van der Waals surface area contributed by atoms with Crippen LogP contribution in [0.25, 0.3) is 0 Å². The molecule has 98 valence electrons. The molecule has 1 aromatic rings. The van der Waals surface area contributed by atoms with Gasteiger partial charge >= 0.3 is 0 Å². The predicted octanol–water partition coefficient (Wildman–Crippen LogP) is 2.95. The van der Waals surface area contributed by atoms with Crippen molar-refractivity contribution in [2.75, 3.05) is 7.05 Å². The molecule has 1 aromatic heterocycles. The van der Waals surface area contributed by atoms with E-state index in [-0.39, 0.29) is 5.41 Å². The van der Waals surface area contributed by atoms with Crippen LogP contribution in [0, 0.1) is 12.3 Å². The fourth-order valence-corrected chi connectivity index (χ4v) is 2.60. The van der Waals surface area contributed by atoms with Crippen LogP contribution in [-0.4, -0.2) is 22.9 Å². The second-order valence-corrected chi connectivity index (χ2v) is 6.07. The summed E-state index contributed by atoms with van der Waals surface area (Å²) >= 11 is 6.28. The van der Waals surface area contributed by atoms with Crippen LogP contribution in [0.4, 0.5) is 0 Å². The molecule has 0 spiro atoms. The predicted molar refractivity (Wildman–Crippen MR) is 73.6 cm³/mol. The Kier molecular flexibility index (Phi) is 4.62. The SMILES string of the molecule is CNC(C)CC(C)(C)Cc1c(C)nn(C)c1Cl. The summed E-state index contributed by atoms with van der Waals surface area (Å²) in [6.45, 7) is 8.80. The average Bonchev–Trinajstić information content (AvgIpc) is 2.44. The molecule has 0 aliphatic rings. The van der Waals surface area contributed by atoms with E-state index in [9.17, 15) is 0 Å². The standard InChI is InChI=1S/C13H24ClN3/c1-9(15-5)7-13(3,4)8-11-10(2)16-17(6)12(11)14/h9,15H,7-8H2,1-6H3. The van der Waals surface area contributed by atoms with Crippen LogP contribution >= 0.6 is 11.6 Å². The third-order valence-corrected chi connectivity index (χ3v) is 3.75. The minimum Gasteiger partial charge on any atom is -0.317 e. The highest BCUT2D eigenvalue weighted by atomic mass is 35.5. The van der Waals surface area contributed by atoms with Gasteiger partial charge in [-0.3, -0.25) is 4.68 Å². The first-order valence-electron chi connectivity index (χ1n) is 6.12. The van der Waals surface area contributed by atoms with Crippen molar-refractivity contribution < 1.29 is 0 Å². The first kappa shape index (κ1) is 14.5. The Labute approximate surface area is 110 Å².